The quantitative estimate of drug-likeness (QED) is 0.603. The molecule has 82 valence electrons. The third-order valence-corrected chi connectivity index (χ3v) is 2.57. The van der Waals surface area contributed by atoms with Crippen LogP contribution in [0.1, 0.15) is 5.56 Å². The first-order chi connectivity index (χ1) is 7.55. The van der Waals surface area contributed by atoms with Gasteiger partial charge in [0.2, 0.25) is 0 Å². The van der Waals surface area contributed by atoms with Crippen LogP contribution >= 0.6 is 0 Å². The molecule has 2 heterocycles. The number of imidazole rings is 1. The SMILES string of the molecule is FC(F)(F)c1cc2[nH]c3ccccc3n2c1. The van der Waals surface area contributed by atoms with Crippen LogP contribution in [0.4, 0.5) is 13.2 Å². The second-order valence-electron chi connectivity index (χ2n) is 3.62. The van der Waals surface area contributed by atoms with Crippen LogP contribution in [0, 0.1) is 0 Å². The number of benzene rings is 1. The van der Waals surface area contributed by atoms with E-state index in [1.165, 1.54) is 4.40 Å². The van der Waals surface area contributed by atoms with Crippen molar-refractivity contribution in [3.63, 3.8) is 0 Å². The monoisotopic (exact) mass is 224 g/mol. The fraction of sp³-hybridized carbons (Fsp3) is 0.0909. The number of halogens is 3. The largest absolute Gasteiger partial charge is 0.417 e. The molecule has 1 N–H and O–H groups in total. The molecular formula is C11H7F3N2. The first-order valence-corrected chi connectivity index (χ1v) is 4.72. The molecule has 0 amide bonds. The molecule has 5 heteroatoms. The molecule has 0 aliphatic carbocycles. The molecule has 16 heavy (non-hydrogen) atoms. The maximum absolute atomic E-state index is 12.5. The number of nitrogens with zero attached hydrogens (tertiary/aromatic N) is 1. The number of hydrogen-bond donors (Lipinski definition) is 1. The topological polar surface area (TPSA) is 20.2 Å². The lowest BCUT2D eigenvalue weighted by Gasteiger charge is -2.00. The lowest BCUT2D eigenvalue weighted by molar-refractivity contribution is -0.137. The van der Waals surface area contributed by atoms with Gasteiger partial charge in [-0.15, -0.1) is 0 Å². The molecule has 0 saturated carbocycles. The first kappa shape index (κ1) is 9.33. The Morgan fingerprint density at radius 2 is 1.88 bits per heavy atom. The number of aromatic amines is 1. The van der Waals surface area contributed by atoms with Gasteiger partial charge in [-0.1, -0.05) is 12.1 Å². The van der Waals surface area contributed by atoms with E-state index in [9.17, 15) is 13.2 Å². The minimum absolute atomic E-state index is 0.452. The maximum atomic E-state index is 12.5. The number of alkyl halides is 3. The molecular weight excluding hydrogens is 217 g/mol. The zero-order valence-electron chi connectivity index (χ0n) is 8.05. The van der Waals surface area contributed by atoms with Gasteiger partial charge in [0.15, 0.2) is 0 Å². The van der Waals surface area contributed by atoms with Crippen LogP contribution in [0.25, 0.3) is 16.7 Å². The van der Waals surface area contributed by atoms with Gasteiger partial charge < -0.3 is 9.38 Å². The van der Waals surface area contributed by atoms with Crippen LogP contribution in [0.15, 0.2) is 36.5 Å². The fourth-order valence-electron chi connectivity index (χ4n) is 1.84. The molecule has 0 aliphatic rings. The van der Waals surface area contributed by atoms with Crippen LogP contribution in [-0.4, -0.2) is 9.38 Å². The van der Waals surface area contributed by atoms with Crippen molar-refractivity contribution < 1.29 is 13.2 Å². The summed E-state index contributed by atoms with van der Waals surface area (Å²) in [5.41, 5.74) is 1.39. The van der Waals surface area contributed by atoms with E-state index in [4.69, 9.17) is 0 Å². The number of rotatable bonds is 0. The molecule has 0 aliphatic heterocycles. The van der Waals surface area contributed by atoms with Crippen LogP contribution in [0.5, 0.6) is 0 Å². The second kappa shape index (κ2) is 2.81. The van der Waals surface area contributed by atoms with Gasteiger partial charge in [0.1, 0.15) is 5.65 Å². The number of hydrogen-bond acceptors (Lipinski definition) is 0. The normalized spacial score (nSPS) is 12.7. The Labute approximate surface area is 88.3 Å². The van der Waals surface area contributed by atoms with Gasteiger partial charge in [0.05, 0.1) is 16.6 Å². The number of nitrogens with one attached hydrogen (secondary N) is 1. The Hall–Kier alpha value is -1.91. The molecule has 0 unspecified atom stereocenters. The summed E-state index contributed by atoms with van der Waals surface area (Å²) in [6.45, 7) is 0. The summed E-state index contributed by atoms with van der Waals surface area (Å²) in [4.78, 5) is 2.93. The van der Waals surface area contributed by atoms with Gasteiger partial charge in [-0.05, 0) is 18.2 Å². The van der Waals surface area contributed by atoms with E-state index in [0.717, 1.165) is 23.3 Å². The maximum Gasteiger partial charge on any atom is 0.417 e. The fourth-order valence-corrected chi connectivity index (χ4v) is 1.84. The van der Waals surface area contributed by atoms with Crippen molar-refractivity contribution in [3.05, 3.63) is 42.1 Å². The molecule has 0 atom stereocenters. The van der Waals surface area contributed by atoms with Crippen molar-refractivity contribution in [1.82, 2.24) is 9.38 Å². The van der Waals surface area contributed by atoms with Gasteiger partial charge in [0.25, 0.3) is 0 Å². The predicted octanol–water partition coefficient (Wildman–Crippen LogP) is 3.44. The molecule has 0 radical (unpaired) electrons. The zero-order chi connectivity index (χ0) is 11.3. The number of para-hydroxylation sites is 2. The predicted molar refractivity (Wildman–Crippen MR) is 54.3 cm³/mol. The van der Waals surface area contributed by atoms with Gasteiger partial charge in [-0.3, -0.25) is 0 Å². The van der Waals surface area contributed by atoms with E-state index in [2.05, 4.69) is 4.98 Å². The summed E-state index contributed by atoms with van der Waals surface area (Å²) in [6.07, 6.45) is -3.19. The summed E-state index contributed by atoms with van der Waals surface area (Å²) >= 11 is 0. The summed E-state index contributed by atoms with van der Waals surface area (Å²) in [5, 5.41) is 0. The van der Waals surface area contributed by atoms with Gasteiger partial charge in [-0.25, -0.2) is 0 Å². The van der Waals surface area contributed by atoms with Crippen molar-refractivity contribution in [2.45, 2.75) is 6.18 Å². The van der Waals surface area contributed by atoms with Crippen molar-refractivity contribution in [3.8, 4) is 0 Å². The van der Waals surface area contributed by atoms with Crippen LogP contribution in [0.2, 0.25) is 0 Å². The Morgan fingerprint density at radius 3 is 2.62 bits per heavy atom. The van der Waals surface area contributed by atoms with E-state index in [0.29, 0.717) is 5.65 Å². The standard InChI is InChI=1S/C11H7F3N2/c12-11(13,14)7-5-10-15-8-3-1-2-4-9(8)16(10)6-7/h1-6,15H. The van der Waals surface area contributed by atoms with Gasteiger partial charge >= 0.3 is 6.18 Å². The van der Waals surface area contributed by atoms with Crippen molar-refractivity contribution in [2.24, 2.45) is 0 Å². The Balaban J connectivity index is 2.35. The first-order valence-electron chi connectivity index (χ1n) is 4.72. The molecule has 3 rings (SSSR count). The zero-order valence-corrected chi connectivity index (χ0v) is 8.05. The van der Waals surface area contributed by atoms with Crippen molar-refractivity contribution in [1.29, 1.82) is 0 Å². The molecule has 0 bridgehead atoms. The van der Waals surface area contributed by atoms with Crippen LogP contribution in [-0.2, 0) is 6.18 Å². The number of aromatic nitrogens is 2. The average Bonchev–Trinajstić information content (AvgIpc) is 2.72. The summed E-state index contributed by atoms with van der Waals surface area (Å²) in [5.74, 6) is 0. The highest BCUT2D eigenvalue weighted by Gasteiger charge is 2.32. The Morgan fingerprint density at radius 1 is 1.12 bits per heavy atom. The molecule has 2 aromatic heterocycles. The minimum atomic E-state index is -4.30. The minimum Gasteiger partial charge on any atom is -0.340 e. The smallest absolute Gasteiger partial charge is 0.340 e. The van der Waals surface area contributed by atoms with Crippen LogP contribution < -0.4 is 0 Å². The van der Waals surface area contributed by atoms with E-state index >= 15 is 0 Å². The van der Waals surface area contributed by atoms with E-state index < -0.39 is 11.7 Å². The summed E-state index contributed by atoms with van der Waals surface area (Å²) < 4.78 is 38.9. The third kappa shape index (κ3) is 1.21. The molecule has 1 aromatic carbocycles. The van der Waals surface area contributed by atoms with Crippen molar-refractivity contribution in [2.75, 3.05) is 0 Å². The average molecular weight is 224 g/mol. The lowest BCUT2D eigenvalue weighted by Crippen LogP contribution is -2.02. The lowest BCUT2D eigenvalue weighted by atomic mass is 10.3. The number of fused-ring (bicyclic) bond motifs is 3. The van der Waals surface area contributed by atoms with E-state index in [1.807, 2.05) is 12.1 Å². The Bertz CT molecular complexity index is 661. The van der Waals surface area contributed by atoms with Crippen molar-refractivity contribution >= 4 is 16.7 Å². The third-order valence-electron chi connectivity index (χ3n) is 2.57. The second-order valence-corrected chi connectivity index (χ2v) is 3.62. The summed E-state index contributed by atoms with van der Waals surface area (Å²) in [6, 6.07) is 8.35. The van der Waals surface area contributed by atoms with E-state index in [-0.39, 0.29) is 0 Å². The highest BCUT2D eigenvalue weighted by Crippen LogP contribution is 2.31. The highest BCUT2D eigenvalue weighted by molar-refractivity contribution is 5.80. The highest BCUT2D eigenvalue weighted by atomic mass is 19.4. The van der Waals surface area contributed by atoms with Gasteiger partial charge in [-0.2, -0.15) is 13.2 Å². The van der Waals surface area contributed by atoms with Crippen LogP contribution in [0.3, 0.4) is 0 Å². The molecule has 2 nitrogen and oxygen atoms in total. The molecule has 0 saturated heterocycles. The van der Waals surface area contributed by atoms with E-state index in [1.54, 1.807) is 12.1 Å². The Kier molecular flexibility index (Phi) is 1.64. The van der Waals surface area contributed by atoms with Gasteiger partial charge in [0, 0.05) is 6.20 Å². The number of H-pyrrole nitrogens is 1. The molecule has 3 aromatic rings. The molecule has 0 fully saturated rings. The molecule has 0 spiro atoms. The summed E-state index contributed by atoms with van der Waals surface area (Å²) in [7, 11) is 0.